The van der Waals surface area contributed by atoms with E-state index in [-0.39, 0.29) is 41.2 Å². The van der Waals surface area contributed by atoms with E-state index >= 15 is 0 Å². The monoisotopic (exact) mass is 549 g/mol. The highest BCUT2D eigenvalue weighted by molar-refractivity contribution is 14.0. The highest BCUT2D eigenvalue weighted by Crippen LogP contribution is 2.21. The summed E-state index contributed by atoms with van der Waals surface area (Å²) in [5.74, 6) is 0.270. The predicted molar refractivity (Wildman–Crippen MR) is 126 cm³/mol. The molecule has 166 valence electrons. The van der Waals surface area contributed by atoms with Gasteiger partial charge in [0.05, 0.1) is 18.5 Å². The largest absolute Gasteiger partial charge is 0.357 e. The maximum absolute atomic E-state index is 13.8. The summed E-state index contributed by atoms with van der Waals surface area (Å²) in [7, 11) is -1.80. The molecule has 1 saturated heterocycles. The summed E-state index contributed by atoms with van der Waals surface area (Å²) in [4.78, 5) is 6.40. The lowest BCUT2D eigenvalue weighted by Gasteiger charge is -2.21. The number of aromatic nitrogens is 2. The SMILES string of the molecule is CCNC(=NCCS(=O)(=O)c1ccccc1F)N1CCC(Cc2cnn(C)c2)C1.I. The molecular weight excluding hydrogens is 520 g/mol. The zero-order valence-corrected chi connectivity index (χ0v) is 20.4. The van der Waals surface area contributed by atoms with Crippen LogP contribution in [-0.4, -0.2) is 61.0 Å². The molecule has 7 nitrogen and oxygen atoms in total. The summed E-state index contributed by atoms with van der Waals surface area (Å²) < 4.78 is 40.5. The number of halogens is 2. The molecule has 1 aliphatic rings. The maximum Gasteiger partial charge on any atom is 0.193 e. The highest BCUT2D eigenvalue weighted by atomic mass is 127. The van der Waals surface area contributed by atoms with Gasteiger partial charge in [0.2, 0.25) is 0 Å². The first-order valence-electron chi connectivity index (χ1n) is 9.87. The predicted octanol–water partition coefficient (Wildman–Crippen LogP) is 2.48. The van der Waals surface area contributed by atoms with Crippen molar-refractivity contribution < 1.29 is 12.8 Å². The van der Waals surface area contributed by atoms with Gasteiger partial charge in [-0.1, -0.05) is 12.1 Å². The number of aryl methyl sites for hydroxylation is 1. The Morgan fingerprint density at radius 1 is 1.37 bits per heavy atom. The third kappa shape index (κ3) is 6.40. The van der Waals surface area contributed by atoms with Gasteiger partial charge in [-0.25, -0.2) is 12.8 Å². The lowest BCUT2D eigenvalue weighted by atomic mass is 10.0. The van der Waals surface area contributed by atoms with Gasteiger partial charge in [-0.05, 0) is 43.4 Å². The number of aliphatic imine (C=N–C) groups is 1. The van der Waals surface area contributed by atoms with Gasteiger partial charge >= 0.3 is 0 Å². The minimum Gasteiger partial charge on any atom is -0.357 e. The quantitative estimate of drug-likeness (QED) is 0.326. The van der Waals surface area contributed by atoms with Crippen LogP contribution in [0, 0.1) is 11.7 Å². The molecule has 1 N–H and O–H groups in total. The van der Waals surface area contributed by atoms with Crippen LogP contribution < -0.4 is 5.32 Å². The summed E-state index contributed by atoms with van der Waals surface area (Å²) in [5.41, 5.74) is 1.22. The average molecular weight is 549 g/mol. The van der Waals surface area contributed by atoms with Gasteiger partial charge in [0.1, 0.15) is 10.7 Å². The van der Waals surface area contributed by atoms with Crippen molar-refractivity contribution >= 4 is 39.8 Å². The highest BCUT2D eigenvalue weighted by Gasteiger charge is 2.25. The first kappa shape index (κ1) is 24.6. The Bertz CT molecular complexity index is 964. The average Bonchev–Trinajstić information content (AvgIpc) is 3.30. The van der Waals surface area contributed by atoms with Crippen molar-refractivity contribution in [1.82, 2.24) is 20.0 Å². The van der Waals surface area contributed by atoms with E-state index in [1.165, 1.54) is 23.8 Å². The van der Waals surface area contributed by atoms with Crippen molar-refractivity contribution in [3.05, 3.63) is 48.0 Å². The Morgan fingerprint density at radius 2 is 2.13 bits per heavy atom. The van der Waals surface area contributed by atoms with Gasteiger partial charge < -0.3 is 10.2 Å². The molecule has 0 spiro atoms. The summed E-state index contributed by atoms with van der Waals surface area (Å²) >= 11 is 0. The van der Waals surface area contributed by atoms with Crippen molar-refractivity contribution in [1.29, 1.82) is 0 Å². The van der Waals surface area contributed by atoms with E-state index in [2.05, 4.69) is 20.3 Å². The minimum atomic E-state index is -3.71. The Balaban J connectivity index is 0.00000320. The molecule has 0 aliphatic carbocycles. The second-order valence-corrected chi connectivity index (χ2v) is 9.39. The number of guanidine groups is 1. The first-order chi connectivity index (χ1) is 13.9. The number of hydrogen-bond donors (Lipinski definition) is 1. The van der Waals surface area contributed by atoms with Crippen LogP contribution in [0.25, 0.3) is 0 Å². The number of sulfone groups is 1. The van der Waals surface area contributed by atoms with Crippen LogP contribution in [0.5, 0.6) is 0 Å². The molecule has 1 aromatic heterocycles. The molecule has 1 atom stereocenters. The maximum atomic E-state index is 13.8. The van der Waals surface area contributed by atoms with Gasteiger partial charge in [0, 0.05) is 32.9 Å². The number of nitrogens with zero attached hydrogens (tertiary/aromatic N) is 4. The Labute approximate surface area is 194 Å². The molecule has 2 heterocycles. The molecule has 2 aromatic rings. The van der Waals surface area contributed by atoms with E-state index in [0.29, 0.717) is 18.4 Å². The van der Waals surface area contributed by atoms with Crippen LogP contribution in [0.1, 0.15) is 18.9 Å². The summed E-state index contributed by atoms with van der Waals surface area (Å²) in [6.07, 6.45) is 5.95. The smallest absolute Gasteiger partial charge is 0.193 e. The summed E-state index contributed by atoms with van der Waals surface area (Å²) in [6.45, 7) is 4.50. The fourth-order valence-electron chi connectivity index (χ4n) is 3.61. The fourth-order valence-corrected chi connectivity index (χ4v) is 4.81. The van der Waals surface area contributed by atoms with Gasteiger partial charge in [-0.2, -0.15) is 5.10 Å². The van der Waals surface area contributed by atoms with Crippen LogP contribution >= 0.6 is 24.0 Å². The molecule has 10 heteroatoms. The summed E-state index contributed by atoms with van der Waals surface area (Å²) in [6, 6.07) is 5.46. The third-order valence-electron chi connectivity index (χ3n) is 5.00. The van der Waals surface area contributed by atoms with Crippen molar-refractivity contribution in [2.75, 3.05) is 31.9 Å². The van der Waals surface area contributed by atoms with Crippen molar-refractivity contribution in [2.45, 2.75) is 24.7 Å². The van der Waals surface area contributed by atoms with E-state index in [1.54, 1.807) is 0 Å². The lowest BCUT2D eigenvalue weighted by Crippen LogP contribution is -2.40. The first-order valence-corrected chi connectivity index (χ1v) is 11.5. The van der Waals surface area contributed by atoms with Crippen molar-refractivity contribution in [3.8, 4) is 0 Å². The Morgan fingerprint density at radius 3 is 2.80 bits per heavy atom. The van der Waals surface area contributed by atoms with Crippen LogP contribution in [0.4, 0.5) is 4.39 Å². The van der Waals surface area contributed by atoms with Gasteiger partial charge in [0.15, 0.2) is 15.8 Å². The van der Waals surface area contributed by atoms with Gasteiger partial charge in [0.25, 0.3) is 0 Å². The van der Waals surface area contributed by atoms with E-state index < -0.39 is 15.7 Å². The molecule has 1 aliphatic heterocycles. The topological polar surface area (TPSA) is 79.6 Å². The standard InChI is InChI=1S/C20H28FN5O2S.HI/c1-3-22-20(23-9-11-29(27,28)19-7-5-4-6-18(19)21)26-10-8-16(15-26)12-17-13-24-25(2)14-17;/h4-7,13-14,16H,3,8-12,15H2,1-2H3,(H,22,23);1H. The lowest BCUT2D eigenvalue weighted by molar-refractivity contribution is 0.460. The number of rotatable bonds is 7. The molecular formula is C20H29FIN5O2S. The summed E-state index contributed by atoms with van der Waals surface area (Å²) in [5, 5.41) is 7.46. The van der Waals surface area contributed by atoms with E-state index in [1.807, 2.05) is 31.0 Å². The third-order valence-corrected chi connectivity index (χ3v) is 6.72. The number of nitrogens with one attached hydrogen (secondary N) is 1. The van der Waals surface area contributed by atoms with Crippen LogP contribution in [0.15, 0.2) is 46.5 Å². The van der Waals surface area contributed by atoms with Crippen LogP contribution in [0.2, 0.25) is 0 Å². The molecule has 0 radical (unpaired) electrons. The molecule has 1 fully saturated rings. The van der Waals surface area contributed by atoms with Crippen LogP contribution in [-0.2, 0) is 23.3 Å². The normalized spacial score (nSPS) is 17.1. The molecule has 1 unspecified atom stereocenters. The molecule has 30 heavy (non-hydrogen) atoms. The van der Waals surface area contributed by atoms with E-state index in [4.69, 9.17) is 0 Å². The fraction of sp³-hybridized carbons (Fsp3) is 0.500. The van der Waals surface area contributed by atoms with E-state index in [0.717, 1.165) is 32.0 Å². The zero-order valence-electron chi connectivity index (χ0n) is 17.3. The number of benzene rings is 1. The van der Waals surface area contributed by atoms with Crippen molar-refractivity contribution in [3.63, 3.8) is 0 Å². The minimum absolute atomic E-state index is 0. The van der Waals surface area contributed by atoms with Gasteiger partial charge in [-0.3, -0.25) is 9.67 Å². The molecule has 0 bridgehead atoms. The van der Waals surface area contributed by atoms with E-state index in [9.17, 15) is 12.8 Å². The second kappa shape index (κ2) is 11.1. The van der Waals surface area contributed by atoms with Crippen LogP contribution in [0.3, 0.4) is 0 Å². The Kier molecular flexibility index (Phi) is 9.08. The van der Waals surface area contributed by atoms with Gasteiger partial charge in [-0.15, -0.1) is 24.0 Å². The molecule has 3 rings (SSSR count). The Hall–Kier alpha value is -1.69. The van der Waals surface area contributed by atoms with Crippen molar-refractivity contribution in [2.24, 2.45) is 18.0 Å². The number of hydrogen-bond acceptors (Lipinski definition) is 4. The molecule has 0 amide bonds. The number of likely N-dealkylation sites (tertiary alicyclic amines) is 1. The second-order valence-electron chi connectivity index (χ2n) is 7.31. The molecule has 0 saturated carbocycles. The molecule has 1 aromatic carbocycles. The zero-order chi connectivity index (χ0) is 20.9.